The number of nitrogens with two attached hydrogens (primary N) is 2. The van der Waals surface area contributed by atoms with E-state index in [2.05, 4.69) is 16.0 Å². The Morgan fingerprint density at radius 3 is 1.94 bits per heavy atom. The highest BCUT2D eigenvalue weighted by Gasteiger charge is 2.32. The first-order valence-corrected chi connectivity index (χ1v) is 10.4. The number of carboxylic acid groups (broad SMARTS) is 1. The summed E-state index contributed by atoms with van der Waals surface area (Å²) in [5.74, 6) is -5.21. The van der Waals surface area contributed by atoms with E-state index in [0.29, 0.717) is 5.56 Å². The van der Waals surface area contributed by atoms with Crippen LogP contribution in [0.4, 0.5) is 0 Å². The van der Waals surface area contributed by atoms with E-state index in [1.807, 2.05) is 0 Å². The number of carbonyl (C=O) groups excluding carboxylic acids is 4. The highest BCUT2D eigenvalue weighted by Crippen LogP contribution is 2.12. The second kappa shape index (κ2) is 13.1. The largest absolute Gasteiger partial charge is 0.508 e. The Labute approximate surface area is 195 Å². The number of aliphatic hydroxyl groups excluding tert-OH is 1. The molecule has 13 nitrogen and oxygen atoms in total. The summed E-state index contributed by atoms with van der Waals surface area (Å²) < 4.78 is 0. The van der Waals surface area contributed by atoms with Crippen LogP contribution in [-0.4, -0.2) is 75.7 Å². The summed E-state index contributed by atoms with van der Waals surface area (Å²) in [7, 11) is 0. The normalized spacial score (nSPS) is 14.4. The molecule has 34 heavy (non-hydrogen) atoms. The summed E-state index contributed by atoms with van der Waals surface area (Å²) >= 11 is 0. The fourth-order valence-electron chi connectivity index (χ4n) is 2.90. The lowest BCUT2D eigenvalue weighted by atomic mass is 10.00. The number of carboxylic acids is 1. The number of rotatable bonds is 13. The molecule has 188 valence electrons. The third-order valence-corrected chi connectivity index (χ3v) is 4.81. The zero-order chi connectivity index (χ0) is 26.0. The van der Waals surface area contributed by atoms with Crippen LogP contribution >= 0.6 is 0 Å². The van der Waals surface area contributed by atoms with E-state index in [9.17, 15) is 29.1 Å². The Morgan fingerprint density at radius 2 is 1.47 bits per heavy atom. The maximum atomic E-state index is 13.0. The van der Waals surface area contributed by atoms with Crippen LogP contribution in [0.1, 0.15) is 25.8 Å². The lowest BCUT2D eigenvalue weighted by Crippen LogP contribution is -2.59. The van der Waals surface area contributed by atoms with Gasteiger partial charge in [0.25, 0.3) is 0 Å². The van der Waals surface area contributed by atoms with Crippen LogP contribution in [0, 0.1) is 5.92 Å². The van der Waals surface area contributed by atoms with Crippen molar-refractivity contribution in [2.45, 2.75) is 50.9 Å². The van der Waals surface area contributed by atoms with Crippen molar-refractivity contribution < 1.29 is 39.3 Å². The summed E-state index contributed by atoms with van der Waals surface area (Å²) in [6, 6.07) is 0.513. The van der Waals surface area contributed by atoms with Gasteiger partial charge in [-0.25, -0.2) is 4.79 Å². The van der Waals surface area contributed by atoms with Gasteiger partial charge in [-0.15, -0.1) is 0 Å². The van der Waals surface area contributed by atoms with E-state index < -0.39 is 72.7 Å². The summed E-state index contributed by atoms with van der Waals surface area (Å²) in [6.45, 7) is 2.36. The molecule has 0 aliphatic heterocycles. The van der Waals surface area contributed by atoms with Crippen LogP contribution < -0.4 is 27.4 Å². The summed E-state index contributed by atoms with van der Waals surface area (Å²) in [6.07, 6.45) is -0.504. The molecule has 0 spiro atoms. The molecule has 0 aromatic heterocycles. The fourth-order valence-corrected chi connectivity index (χ4v) is 2.90. The van der Waals surface area contributed by atoms with Crippen LogP contribution in [0.25, 0.3) is 0 Å². The predicted octanol–water partition coefficient (Wildman–Crippen LogP) is -2.68. The minimum Gasteiger partial charge on any atom is -0.508 e. The van der Waals surface area contributed by atoms with Crippen LogP contribution in [0.3, 0.4) is 0 Å². The van der Waals surface area contributed by atoms with Crippen molar-refractivity contribution in [1.29, 1.82) is 0 Å². The Morgan fingerprint density at radius 1 is 0.912 bits per heavy atom. The van der Waals surface area contributed by atoms with E-state index in [1.54, 1.807) is 13.8 Å². The van der Waals surface area contributed by atoms with Crippen molar-refractivity contribution in [1.82, 2.24) is 16.0 Å². The number of phenols is 1. The van der Waals surface area contributed by atoms with Gasteiger partial charge in [0.2, 0.25) is 23.6 Å². The van der Waals surface area contributed by atoms with Crippen LogP contribution in [0.2, 0.25) is 0 Å². The average Bonchev–Trinajstić information content (AvgIpc) is 2.75. The molecule has 1 aromatic carbocycles. The molecule has 0 saturated carbocycles. The lowest BCUT2D eigenvalue weighted by molar-refractivity contribution is -0.143. The quantitative estimate of drug-likeness (QED) is 0.146. The lowest BCUT2D eigenvalue weighted by Gasteiger charge is -2.27. The smallest absolute Gasteiger partial charge is 0.328 e. The van der Waals surface area contributed by atoms with Crippen molar-refractivity contribution in [3.05, 3.63) is 29.8 Å². The highest BCUT2D eigenvalue weighted by atomic mass is 16.4. The third kappa shape index (κ3) is 9.03. The Balaban J connectivity index is 3.09. The van der Waals surface area contributed by atoms with Gasteiger partial charge in [-0.05, 0) is 23.6 Å². The summed E-state index contributed by atoms with van der Waals surface area (Å²) in [4.78, 5) is 60.2. The Hall–Kier alpha value is -3.71. The molecular weight excluding hydrogens is 450 g/mol. The molecule has 1 rings (SSSR count). The number of primary amides is 1. The van der Waals surface area contributed by atoms with E-state index in [0.717, 1.165) is 0 Å². The maximum absolute atomic E-state index is 13.0. The average molecular weight is 482 g/mol. The van der Waals surface area contributed by atoms with Gasteiger partial charge in [-0.1, -0.05) is 26.0 Å². The number of aliphatic hydroxyl groups is 1. The van der Waals surface area contributed by atoms with Crippen molar-refractivity contribution in [2.75, 3.05) is 6.61 Å². The molecule has 0 heterocycles. The van der Waals surface area contributed by atoms with Crippen molar-refractivity contribution in [3.8, 4) is 5.75 Å². The molecule has 10 N–H and O–H groups in total. The molecule has 4 amide bonds. The van der Waals surface area contributed by atoms with Crippen molar-refractivity contribution >= 4 is 29.6 Å². The first-order valence-electron chi connectivity index (χ1n) is 10.4. The van der Waals surface area contributed by atoms with Gasteiger partial charge in [0.15, 0.2) is 0 Å². The molecule has 13 heteroatoms. The fraction of sp³-hybridized carbons (Fsp3) is 0.476. The number of benzene rings is 1. The monoisotopic (exact) mass is 481 g/mol. The van der Waals surface area contributed by atoms with Crippen LogP contribution in [0.5, 0.6) is 5.75 Å². The Kier molecular flexibility index (Phi) is 10.9. The third-order valence-electron chi connectivity index (χ3n) is 4.81. The van der Waals surface area contributed by atoms with Gasteiger partial charge in [-0.2, -0.15) is 0 Å². The minimum atomic E-state index is -1.56. The molecule has 0 radical (unpaired) electrons. The maximum Gasteiger partial charge on any atom is 0.328 e. The topological polar surface area (TPSA) is 234 Å². The first-order chi connectivity index (χ1) is 15.8. The number of aliphatic carboxylic acids is 1. The summed E-state index contributed by atoms with van der Waals surface area (Å²) in [5, 5.41) is 34.7. The second-order valence-corrected chi connectivity index (χ2v) is 8.02. The van der Waals surface area contributed by atoms with Crippen LogP contribution in [-0.2, 0) is 30.4 Å². The number of hydrogen-bond donors (Lipinski definition) is 8. The zero-order valence-electron chi connectivity index (χ0n) is 18.9. The molecule has 0 fully saturated rings. The molecular formula is C21H31N5O8. The molecule has 4 atom stereocenters. The number of aromatic hydroxyl groups is 1. The second-order valence-electron chi connectivity index (χ2n) is 8.02. The molecule has 0 saturated heterocycles. The van der Waals surface area contributed by atoms with E-state index in [4.69, 9.17) is 21.7 Å². The van der Waals surface area contributed by atoms with E-state index in [-0.39, 0.29) is 12.2 Å². The molecule has 4 unspecified atom stereocenters. The van der Waals surface area contributed by atoms with E-state index >= 15 is 0 Å². The number of amides is 4. The van der Waals surface area contributed by atoms with Crippen LogP contribution in [0.15, 0.2) is 24.3 Å². The van der Waals surface area contributed by atoms with Gasteiger partial charge < -0.3 is 42.7 Å². The van der Waals surface area contributed by atoms with Crippen molar-refractivity contribution in [3.63, 3.8) is 0 Å². The van der Waals surface area contributed by atoms with Gasteiger partial charge in [0, 0.05) is 6.42 Å². The first kappa shape index (κ1) is 28.3. The summed E-state index contributed by atoms with van der Waals surface area (Å²) in [5.41, 5.74) is 11.3. The van der Waals surface area contributed by atoms with Gasteiger partial charge in [-0.3, -0.25) is 19.2 Å². The standard InChI is InChI=1S/C21H31N5O8/c1-10(2)17(20(32)25-15(9-27)21(33)34)26-19(31)14(7-11-3-5-12(28)6-4-11)24-18(30)13(22)8-16(23)29/h3-6,10,13-15,17,27-28H,7-9,22H2,1-2H3,(H2,23,29)(H,24,30)(H,25,32)(H,26,31)(H,33,34). The van der Waals surface area contributed by atoms with Gasteiger partial charge >= 0.3 is 5.97 Å². The zero-order valence-corrected chi connectivity index (χ0v) is 18.9. The van der Waals surface area contributed by atoms with Gasteiger partial charge in [0.1, 0.15) is 23.9 Å². The SMILES string of the molecule is CC(C)C(NC(=O)C(Cc1ccc(O)cc1)NC(=O)C(N)CC(N)=O)C(=O)NC(CO)C(=O)O. The molecule has 0 aliphatic rings. The number of carbonyl (C=O) groups is 5. The number of nitrogens with one attached hydrogen (secondary N) is 3. The molecule has 0 bridgehead atoms. The van der Waals surface area contributed by atoms with Gasteiger partial charge in [0.05, 0.1) is 19.1 Å². The molecule has 1 aromatic rings. The van der Waals surface area contributed by atoms with E-state index in [1.165, 1.54) is 24.3 Å². The number of phenolic OH excluding ortho intramolecular Hbond substituents is 1. The predicted molar refractivity (Wildman–Crippen MR) is 119 cm³/mol. The highest BCUT2D eigenvalue weighted by molar-refractivity contribution is 5.95. The van der Waals surface area contributed by atoms with Crippen molar-refractivity contribution in [2.24, 2.45) is 17.4 Å². The number of hydrogen-bond acceptors (Lipinski definition) is 8. The Bertz CT molecular complexity index is 890. The minimum absolute atomic E-state index is 0.00863. The molecule has 0 aliphatic carbocycles.